The molecule has 17 heavy (non-hydrogen) atoms. The fourth-order valence-corrected chi connectivity index (χ4v) is 4.51. The fourth-order valence-electron chi connectivity index (χ4n) is 2.29. The summed E-state index contributed by atoms with van der Waals surface area (Å²) in [6, 6.07) is -0.147. The average molecular weight is 261 g/mol. The number of nitrogens with one attached hydrogen (secondary N) is 1. The van der Waals surface area contributed by atoms with Crippen LogP contribution in [-0.4, -0.2) is 36.4 Å². The smallest absolute Gasteiger partial charge is 0.217 e. The maximum atomic E-state index is 12.4. The Morgan fingerprint density at radius 3 is 2.29 bits per heavy atom. The number of sulfonamides is 1. The Hall–Kier alpha value is -0.620. The third-order valence-corrected chi connectivity index (χ3v) is 5.72. The molecule has 3 N–H and O–H groups in total. The molecular formula is C11H23N3O2S. The van der Waals surface area contributed by atoms with Gasteiger partial charge in [-0.1, -0.05) is 19.3 Å². The molecule has 1 aliphatic rings. The van der Waals surface area contributed by atoms with Crippen LogP contribution < -0.4 is 5.73 Å². The van der Waals surface area contributed by atoms with E-state index < -0.39 is 10.0 Å². The normalized spacial score (nSPS) is 18.8. The van der Waals surface area contributed by atoms with Crippen molar-refractivity contribution in [3.63, 3.8) is 0 Å². The molecular weight excluding hydrogens is 238 g/mol. The van der Waals surface area contributed by atoms with Gasteiger partial charge in [-0.15, -0.1) is 0 Å². The van der Waals surface area contributed by atoms with Crippen molar-refractivity contribution in [3.05, 3.63) is 0 Å². The van der Waals surface area contributed by atoms with Crippen molar-refractivity contribution in [1.29, 1.82) is 5.41 Å². The van der Waals surface area contributed by atoms with Gasteiger partial charge in [-0.2, -0.15) is 4.31 Å². The summed E-state index contributed by atoms with van der Waals surface area (Å²) in [5.74, 6) is -0.0990. The molecule has 5 nitrogen and oxygen atoms in total. The summed E-state index contributed by atoms with van der Waals surface area (Å²) in [6.45, 7) is 3.66. The number of hydrogen-bond acceptors (Lipinski definition) is 3. The van der Waals surface area contributed by atoms with Crippen LogP contribution in [0.25, 0.3) is 0 Å². The van der Waals surface area contributed by atoms with Gasteiger partial charge in [-0.3, -0.25) is 5.41 Å². The largest absolute Gasteiger partial charge is 0.387 e. The van der Waals surface area contributed by atoms with Gasteiger partial charge in [-0.05, 0) is 26.7 Å². The SMILES string of the molecule is CC(C)N(CC(=N)N)S(=O)(=O)C1CCCCC1. The lowest BCUT2D eigenvalue weighted by Crippen LogP contribution is -2.47. The van der Waals surface area contributed by atoms with Crippen molar-refractivity contribution in [3.8, 4) is 0 Å². The minimum atomic E-state index is -3.31. The molecule has 1 saturated carbocycles. The van der Waals surface area contributed by atoms with E-state index in [1.54, 1.807) is 0 Å². The number of nitrogens with zero attached hydrogens (tertiary/aromatic N) is 1. The zero-order valence-corrected chi connectivity index (χ0v) is 11.5. The molecule has 0 aromatic rings. The van der Waals surface area contributed by atoms with Crippen LogP contribution in [0.4, 0.5) is 0 Å². The van der Waals surface area contributed by atoms with Crippen LogP contribution in [0.5, 0.6) is 0 Å². The lowest BCUT2D eigenvalue weighted by Gasteiger charge is -2.31. The van der Waals surface area contributed by atoms with E-state index in [0.29, 0.717) is 0 Å². The third-order valence-electron chi connectivity index (χ3n) is 3.20. The summed E-state index contributed by atoms with van der Waals surface area (Å²) in [4.78, 5) is 0. The average Bonchev–Trinajstić information content (AvgIpc) is 2.26. The Morgan fingerprint density at radius 2 is 1.88 bits per heavy atom. The maximum absolute atomic E-state index is 12.4. The monoisotopic (exact) mass is 261 g/mol. The zero-order chi connectivity index (χ0) is 13.1. The van der Waals surface area contributed by atoms with Crippen molar-refractivity contribution in [1.82, 2.24) is 4.31 Å². The van der Waals surface area contributed by atoms with Gasteiger partial charge in [-0.25, -0.2) is 8.42 Å². The highest BCUT2D eigenvalue weighted by molar-refractivity contribution is 7.89. The van der Waals surface area contributed by atoms with Gasteiger partial charge in [0.15, 0.2) is 0 Å². The second-order valence-corrected chi connectivity index (χ2v) is 7.13. The van der Waals surface area contributed by atoms with Crippen LogP contribution in [0.2, 0.25) is 0 Å². The summed E-state index contributed by atoms with van der Waals surface area (Å²) < 4.78 is 26.2. The molecule has 0 unspecified atom stereocenters. The first-order valence-corrected chi connectivity index (χ1v) is 7.69. The second kappa shape index (κ2) is 5.82. The van der Waals surface area contributed by atoms with Crippen molar-refractivity contribution < 1.29 is 8.42 Å². The van der Waals surface area contributed by atoms with E-state index in [9.17, 15) is 8.42 Å². The highest BCUT2D eigenvalue weighted by Gasteiger charge is 2.34. The molecule has 0 radical (unpaired) electrons. The van der Waals surface area contributed by atoms with Crippen LogP contribution in [0, 0.1) is 5.41 Å². The molecule has 0 saturated heterocycles. The molecule has 0 bridgehead atoms. The molecule has 1 fully saturated rings. The first-order valence-electron chi connectivity index (χ1n) is 6.19. The van der Waals surface area contributed by atoms with Crippen molar-refractivity contribution in [2.45, 2.75) is 57.2 Å². The zero-order valence-electron chi connectivity index (χ0n) is 10.6. The lowest BCUT2D eigenvalue weighted by molar-refractivity contribution is 0.369. The minimum Gasteiger partial charge on any atom is -0.387 e. The molecule has 6 heteroatoms. The number of amidine groups is 1. The molecule has 0 aliphatic heterocycles. The van der Waals surface area contributed by atoms with Gasteiger partial charge in [0.05, 0.1) is 11.8 Å². The molecule has 100 valence electrons. The minimum absolute atomic E-state index is 0.0104. The quantitative estimate of drug-likeness (QED) is 0.577. The van der Waals surface area contributed by atoms with Crippen LogP contribution in [0.1, 0.15) is 46.0 Å². The molecule has 0 amide bonds. The van der Waals surface area contributed by atoms with E-state index in [0.717, 1.165) is 32.1 Å². The molecule has 0 heterocycles. The van der Waals surface area contributed by atoms with Gasteiger partial charge >= 0.3 is 0 Å². The van der Waals surface area contributed by atoms with E-state index >= 15 is 0 Å². The summed E-state index contributed by atoms with van der Waals surface area (Å²) in [6.07, 6.45) is 4.57. The van der Waals surface area contributed by atoms with E-state index in [4.69, 9.17) is 11.1 Å². The van der Waals surface area contributed by atoms with Gasteiger partial charge in [0.25, 0.3) is 0 Å². The standard InChI is InChI=1S/C11H23N3O2S/c1-9(2)14(8-11(12)13)17(15,16)10-6-4-3-5-7-10/h9-10H,3-8H2,1-2H3,(H3,12,13). The third kappa shape index (κ3) is 3.67. The highest BCUT2D eigenvalue weighted by atomic mass is 32.2. The molecule has 0 aromatic heterocycles. The Balaban J connectivity index is 2.86. The van der Waals surface area contributed by atoms with Crippen molar-refractivity contribution >= 4 is 15.9 Å². The Bertz CT molecular complexity index is 359. The van der Waals surface area contributed by atoms with Crippen molar-refractivity contribution in [2.75, 3.05) is 6.54 Å². The highest BCUT2D eigenvalue weighted by Crippen LogP contribution is 2.26. The van der Waals surface area contributed by atoms with E-state index in [1.165, 1.54) is 4.31 Å². The van der Waals surface area contributed by atoms with Crippen LogP contribution in [0.3, 0.4) is 0 Å². The fraction of sp³-hybridized carbons (Fsp3) is 0.909. The Labute approximate surface area is 104 Å². The van der Waals surface area contributed by atoms with E-state index in [1.807, 2.05) is 13.8 Å². The lowest BCUT2D eigenvalue weighted by atomic mass is 10.0. The Morgan fingerprint density at radius 1 is 1.35 bits per heavy atom. The maximum Gasteiger partial charge on any atom is 0.217 e. The van der Waals surface area contributed by atoms with Crippen molar-refractivity contribution in [2.24, 2.45) is 5.73 Å². The molecule has 0 atom stereocenters. The molecule has 0 spiro atoms. The number of hydrogen-bond donors (Lipinski definition) is 2. The van der Waals surface area contributed by atoms with Gasteiger partial charge in [0.2, 0.25) is 10.0 Å². The van der Waals surface area contributed by atoms with Gasteiger partial charge < -0.3 is 5.73 Å². The Kier molecular flexibility index (Phi) is 4.94. The molecule has 1 aliphatic carbocycles. The van der Waals surface area contributed by atoms with Crippen LogP contribution in [-0.2, 0) is 10.0 Å². The van der Waals surface area contributed by atoms with E-state index in [-0.39, 0.29) is 23.7 Å². The number of rotatable bonds is 5. The first-order chi connectivity index (χ1) is 7.85. The predicted molar refractivity (Wildman–Crippen MR) is 69.5 cm³/mol. The predicted octanol–water partition coefficient (Wildman–Crippen LogP) is 1.30. The topological polar surface area (TPSA) is 87.2 Å². The second-order valence-electron chi connectivity index (χ2n) is 4.97. The van der Waals surface area contributed by atoms with Gasteiger partial charge in [0.1, 0.15) is 5.84 Å². The van der Waals surface area contributed by atoms with Gasteiger partial charge in [0, 0.05) is 6.04 Å². The van der Waals surface area contributed by atoms with Crippen LogP contribution >= 0.6 is 0 Å². The summed E-state index contributed by atoms with van der Waals surface area (Å²) in [5, 5.41) is 7.00. The summed E-state index contributed by atoms with van der Waals surface area (Å²) in [5.41, 5.74) is 5.33. The molecule has 0 aromatic carbocycles. The van der Waals surface area contributed by atoms with E-state index in [2.05, 4.69) is 0 Å². The molecule has 1 rings (SSSR count). The summed E-state index contributed by atoms with van der Waals surface area (Å²) >= 11 is 0. The first kappa shape index (κ1) is 14.4. The summed E-state index contributed by atoms with van der Waals surface area (Å²) in [7, 11) is -3.31. The number of nitrogens with two attached hydrogens (primary N) is 1. The van der Waals surface area contributed by atoms with Crippen LogP contribution in [0.15, 0.2) is 0 Å².